The van der Waals surface area contributed by atoms with Crippen molar-refractivity contribution in [3.63, 3.8) is 0 Å². The van der Waals surface area contributed by atoms with E-state index in [2.05, 4.69) is 5.32 Å². The van der Waals surface area contributed by atoms with Crippen LogP contribution in [0.5, 0.6) is 0 Å². The maximum absolute atomic E-state index is 13.2. The summed E-state index contributed by atoms with van der Waals surface area (Å²) in [6, 6.07) is 16.7. The molecule has 396 valence electrons. The Balaban J connectivity index is 1.63. The summed E-state index contributed by atoms with van der Waals surface area (Å²) in [4.78, 5) is 101. The molecule has 0 radical (unpaired) electrons. The van der Waals surface area contributed by atoms with Crippen molar-refractivity contribution in [2.24, 2.45) is 0 Å². The molecule has 3 aliphatic rings. The summed E-state index contributed by atoms with van der Waals surface area (Å²) in [7, 11) is 0. The Bertz CT molecular complexity index is 2160. The fourth-order valence-corrected chi connectivity index (χ4v) is 8.18. The van der Waals surface area contributed by atoms with Crippen molar-refractivity contribution in [2.75, 3.05) is 19.8 Å². The molecule has 2 aromatic carbocycles. The third-order valence-electron chi connectivity index (χ3n) is 10.9. The van der Waals surface area contributed by atoms with Gasteiger partial charge in [-0.1, -0.05) is 60.7 Å². The zero-order valence-corrected chi connectivity index (χ0v) is 40.9. The number of carbonyl (C=O) groups excluding carboxylic acids is 8. The first-order chi connectivity index (χ1) is 34.2. The van der Waals surface area contributed by atoms with Crippen molar-refractivity contribution < 1.29 is 110 Å². The number of aliphatic hydroxyl groups excluding tert-OH is 1. The van der Waals surface area contributed by atoms with Crippen LogP contribution in [-0.4, -0.2) is 165 Å². The highest BCUT2D eigenvalue weighted by Crippen LogP contribution is 2.38. The molecule has 24 nitrogen and oxygen atoms in total. The smallest absolute Gasteiger partial charge is 0.303 e. The summed E-state index contributed by atoms with van der Waals surface area (Å²) in [6.45, 7) is 6.82. The van der Waals surface area contributed by atoms with Crippen molar-refractivity contribution in [1.82, 2.24) is 5.32 Å². The number of carbonyl (C=O) groups is 8. The van der Waals surface area contributed by atoms with E-state index in [9.17, 15) is 43.5 Å². The van der Waals surface area contributed by atoms with E-state index in [1.54, 1.807) is 30.3 Å². The van der Waals surface area contributed by atoms with Gasteiger partial charge in [0, 0.05) is 55.4 Å². The van der Waals surface area contributed by atoms with Gasteiger partial charge in [-0.3, -0.25) is 38.4 Å². The minimum atomic E-state index is -1.93. The summed E-state index contributed by atoms with van der Waals surface area (Å²) >= 11 is 0. The average Bonchev–Trinajstić information content (AvgIpc) is 3.29. The third-order valence-corrected chi connectivity index (χ3v) is 10.9. The molecule has 0 spiro atoms. The van der Waals surface area contributed by atoms with Gasteiger partial charge < -0.3 is 76.7 Å². The van der Waals surface area contributed by atoms with Crippen LogP contribution in [0.15, 0.2) is 60.7 Å². The Morgan fingerprint density at radius 2 is 0.847 bits per heavy atom. The molecule has 2 N–H and O–H groups in total. The normalized spacial score (nSPS) is 30.1. The molecule has 3 saturated heterocycles. The second-order valence-corrected chi connectivity index (χ2v) is 16.8. The van der Waals surface area contributed by atoms with E-state index in [4.69, 9.17) is 66.3 Å². The van der Waals surface area contributed by atoms with Crippen LogP contribution in [0.2, 0.25) is 0 Å². The maximum Gasteiger partial charge on any atom is 0.303 e. The van der Waals surface area contributed by atoms with Crippen LogP contribution in [0.25, 0.3) is 0 Å². The molecule has 24 heteroatoms. The largest absolute Gasteiger partial charge is 0.463 e. The van der Waals surface area contributed by atoms with Gasteiger partial charge in [0.15, 0.2) is 49.4 Å². The van der Waals surface area contributed by atoms with E-state index >= 15 is 0 Å². The number of rotatable bonds is 21. The molecule has 0 unspecified atom stereocenters. The van der Waals surface area contributed by atoms with Gasteiger partial charge >= 0.3 is 41.8 Å². The Kier molecular flexibility index (Phi) is 21.4. The molecule has 3 fully saturated rings. The molecular formula is C48H61NO23. The van der Waals surface area contributed by atoms with Crippen LogP contribution in [0, 0.1) is 0 Å². The second-order valence-electron chi connectivity index (χ2n) is 16.8. The van der Waals surface area contributed by atoms with Gasteiger partial charge in [-0.2, -0.15) is 0 Å². The number of ether oxygens (including phenoxy) is 14. The molecule has 72 heavy (non-hydrogen) atoms. The highest BCUT2D eigenvalue weighted by Gasteiger charge is 2.59. The van der Waals surface area contributed by atoms with Gasteiger partial charge in [-0.25, -0.2) is 0 Å². The number of amides is 1. The summed E-state index contributed by atoms with van der Waals surface area (Å²) in [5.74, 6) is -6.98. The SMILES string of the molecule is CC(=O)N[C@@H]1[C@@H](OCc2ccccc2)[C@H](O[C@@H]2O[C@H](COC(C)=O)[C@H](O[C@H]3O[C@H](COC(C)=O)[C@H](OC(C)=O)[C@H](OC(C)=O)[C@H]3OC(C)=O)[C@H](OC(C)=O)[C@H]2OC(C)=O)[C@@H](COCc2ccccc2)O[C@H]1O. The first-order valence-corrected chi connectivity index (χ1v) is 22.8. The lowest BCUT2D eigenvalue weighted by molar-refractivity contribution is -0.376. The molecule has 15 atom stereocenters. The summed E-state index contributed by atoms with van der Waals surface area (Å²) < 4.78 is 83.4. The number of nitrogens with one attached hydrogen (secondary N) is 1. The van der Waals surface area contributed by atoms with Crippen molar-refractivity contribution in [3.8, 4) is 0 Å². The standard InChI is InChI=1S/C48H61NO23/c1-24(50)49-37-41(62-20-33-17-13-10-14-18-33)38(34(68-46(37)58)21-59-19-32-15-11-9-12-16-32)71-47-45(67-31(8)57)43(65-29(6)55)40(36(70-47)23-61-26(3)52)72-48-44(66-30(7)56)42(64-28(5)54)39(63-27(4)53)35(69-48)22-60-25(2)51/h9-18,34-48,58H,19-23H2,1-8H3,(H,49,50)/t34-,35-,36-,37-,38-,39+,40+,41-,42+,43+,44-,45-,46-,47+,48-/m1/s1. The highest BCUT2D eigenvalue weighted by atomic mass is 16.8. The maximum atomic E-state index is 13.2. The monoisotopic (exact) mass is 1020 g/mol. The van der Waals surface area contributed by atoms with Crippen molar-refractivity contribution in [2.45, 2.75) is 161 Å². The first-order valence-electron chi connectivity index (χ1n) is 22.8. The van der Waals surface area contributed by atoms with Gasteiger partial charge in [-0.05, 0) is 11.1 Å². The Morgan fingerprint density at radius 1 is 0.458 bits per heavy atom. The zero-order valence-electron chi connectivity index (χ0n) is 40.9. The zero-order chi connectivity index (χ0) is 52.6. The average molecular weight is 1020 g/mol. The predicted octanol–water partition coefficient (Wildman–Crippen LogP) is 1.02. The minimum absolute atomic E-state index is 0.0709. The van der Waals surface area contributed by atoms with E-state index in [0.717, 1.165) is 54.0 Å². The molecule has 0 aromatic heterocycles. The molecule has 2 aromatic rings. The Labute approximate surface area is 414 Å². The Hall–Kier alpha value is -6.12. The van der Waals surface area contributed by atoms with Crippen molar-refractivity contribution >= 4 is 47.7 Å². The number of benzene rings is 2. The fraction of sp³-hybridized carbons (Fsp3) is 0.583. The second kappa shape index (κ2) is 27.1. The molecule has 5 rings (SSSR count). The fourth-order valence-electron chi connectivity index (χ4n) is 8.18. The van der Waals surface area contributed by atoms with Crippen molar-refractivity contribution in [3.05, 3.63) is 71.8 Å². The number of aliphatic hydroxyl groups is 1. The summed E-state index contributed by atoms with van der Waals surface area (Å²) in [5.41, 5.74) is 1.46. The van der Waals surface area contributed by atoms with Gasteiger partial charge in [-0.15, -0.1) is 0 Å². The van der Waals surface area contributed by atoms with E-state index in [1.807, 2.05) is 30.3 Å². The minimum Gasteiger partial charge on any atom is -0.463 e. The molecule has 1 amide bonds. The van der Waals surface area contributed by atoms with E-state index in [0.29, 0.717) is 5.56 Å². The van der Waals surface area contributed by atoms with Crippen LogP contribution in [0.1, 0.15) is 66.5 Å². The lowest BCUT2D eigenvalue weighted by Crippen LogP contribution is -2.69. The van der Waals surface area contributed by atoms with Crippen LogP contribution in [0.4, 0.5) is 0 Å². The van der Waals surface area contributed by atoms with Crippen LogP contribution < -0.4 is 5.32 Å². The van der Waals surface area contributed by atoms with Gasteiger partial charge in [0.1, 0.15) is 55.9 Å². The van der Waals surface area contributed by atoms with E-state index < -0.39 is 153 Å². The first kappa shape index (κ1) is 56.8. The molecule has 0 aliphatic carbocycles. The van der Waals surface area contributed by atoms with E-state index in [-0.39, 0.29) is 19.8 Å². The van der Waals surface area contributed by atoms with Crippen molar-refractivity contribution in [1.29, 1.82) is 0 Å². The topological polar surface area (TPSA) is 298 Å². The molecule has 0 saturated carbocycles. The van der Waals surface area contributed by atoms with Crippen LogP contribution in [0.3, 0.4) is 0 Å². The quantitative estimate of drug-likeness (QED) is 0.130. The van der Waals surface area contributed by atoms with Crippen LogP contribution >= 0.6 is 0 Å². The summed E-state index contributed by atoms with van der Waals surface area (Å²) in [5, 5.41) is 14.1. The van der Waals surface area contributed by atoms with Gasteiger partial charge in [0.2, 0.25) is 5.91 Å². The lowest BCUT2D eigenvalue weighted by Gasteiger charge is -2.50. The lowest BCUT2D eigenvalue weighted by atomic mass is 9.94. The predicted molar refractivity (Wildman–Crippen MR) is 238 cm³/mol. The molecule has 3 heterocycles. The number of hydrogen-bond donors (Lipinski definition) is 2. The number of hydrogen-bond acceptors (Lipinski definition) is 23. The molecular weight excluding hydrogens is 959 g/mol. The van der Waals surface area contributed by atoms with Gasteiger partial charge in [0.05, 0.1) is 19.8 Å². The molecule has 3 aliphatic heterocycles. The highest BCUT2D eigenvalue weighted by molar-refractivity contribution is 5.73. The number of esters is 7. The molecule has 0 bridgehead atoms. The van der Waals surface area contributed by atoms with Gasteiger partial charge in [0.25, 0.3) is 0 Å². The Morgan fingerprint density at radius 3 is 1.29 bits per heavy atom. The third kappa shape index (κ3) is 16.7. The van der Waals surface area contributed by atoms with E-state index in [1.165, 1.54) is 6.92 Å². The summed E-state index contributed by atoms with van der Waals surface area (Å²) in [6.07, 6.45) is -23.1. The van der Waals surface area contributed by atoms with Crippen LogP contribution in [-0.2, 0) is 118 Å².